The summed E-state index contributed by atoms with van der Waals surface area (Å²) in [7, 11) is -3.84. The highest BCUT2D eigenvalue weighted by atomic mass is 32.2. The molecule has 0 aliphatic heterocycles. The number of thiophene rings is 1. The fraction of sp³-hybridized carbons (Fsp3) is 0.118. The molecule has 3 aromatic rings. The number of non-ortho nitro benzene ring substituents is 1. The second-order valence-electron chi connectivity index (χ2n) is 5.48. The number of nitro groups is 1. The molecule has 0 radical (unpaired) electrons. The van der Waals surface area contributed by atoms with Crippen LogP contribution in [0.25, 0.3) is 0 Å². The Hall–Kier alpha value is -2.62. The Kier molecular flexibility index (Phi) is 5.40. The summed E-state index contributed by atoms with van der Waals surface area (Å²) >= 11 is 1.49. The molecule has 2 aromatic heterocycles. The summed E-state index contributed by atoms with van der Waals surface area (Å²) < 4.78 is 27.5. The number of hydrogen-bond acceptors (Lipinski definition) is 6. The lowest BCUT2D eigenvalue weighted by Gasteiger charge is -2.21. The summed E-state index contributed by atoms with van der Waals surface area (Å²) in [5, 5.41) is 14.6. The quantitative estimate of drug-likeness (QED) is 0.456. The van der Waals surface area contributed by atoms with Crippen LogP contribution in [0.4, 0.5) is 5.69 Å². The molecule has 26 heavy (non-hydrogen) atoms. The van der Waals surface area contributed by atoms with E-state index in [0.29, 0.717) is 5.69 Å². The minimum Gasteiger partial charge on any atom is -0.260 e. The van der Waals surface area contributed by atoms with Crippen molar-refractivity contribution in [3.8, 4) is 0 Å². The molecule has 0 aliphatic rings. The fourth-order valence-electron chi connectivity index (χ4n) is 2.37. The summed E-state index contributed by atoms with van der Waals surface area (Å²) in [5.41, 5.74) is 1.34. The average molecular weight is 389 g/mol. The molecule has 0 N–H and O–H groups in total. The minimum absolute atomic E-state index is 0.00857. The van der Waals surface area contributed by atoms with Crippen molar-refractivity contribution in [1.29, 1.82) is 0 Å². The molecular weight excluding hydrogens is 374 g/mol. The van der Waals surface area contributed by atoms with Crippen molar-refractivity contribution < 1.29 is 13.3 Å². The molecule has 0 saturated heterocycles. The van der Waals surface area contributed by atoms with Crippen molar-refractivity contribution >= 4 is 27.0 Å². The van der Waals surface area contributed by atoms with Crippen molar-refractivity contribution in [3.63, 3.8) is 0 Å². The van der Waals surface area contributed by atoms with E-state index in [0.717, 1.165) is 5.56 Å². The second-order valence-corrected chi connectivity index (χ2v) is 8.19. The van der Waals surface area contributed by atoms with Gasteiger partial charge in [0, 0.05) is 24.9 Å². The molecule has 9 heteroatoms. The van der Waals surface area contributed by atoms with E-state index in [9.17, 15) is 18.5 Å². The number of pyridine rings is 1. The molecule has 0 atom stereocenters. The standard InChI is InChI=1S/C17H15N3O4S2/c21-20(22)16-4-6-17(7-5-16)26(23,24)19(11-14-8-10-25-13-14)12-15-3-1-2-9-18-15/h1-10,13H,11-12H2. The van der Waals surface area contributed by atoms with Gasteiger partial charge in [-0.25, -0.2) is 8.42 Å². The van der Waals surface area contributed by atoms with E-state index in [4.69, 9.17) is 0 Å². The molecule has 0 unspecified atom stereocenters. The van der Waals surface area contributed by atoms with Gasteiger partial charge in [-0.2, -0.15) is 15.6 Å². The zero-order valence-electron chi connectivity index (χ0n) is 13.6. The Balaban J connectivity index is 1.94. The normalized spacial score (nSPS) is 11.6. The molecular formula is C17H15N3O4S2. The minimum atomic E-state index is -3.84. The third kappa shape index (κ3) is 4.13. The van der Waals surface area contributed by atoms with Crippen LogP contribution in [-0.2, 0) is 23.1 Å². The molecule has 2 heterocycles. The van der Waals surface area contributed by atoms with Gasteiger partial charge in [0.15, 0.2) is 0 Å². The van der Waals surface area contributed by atoms with Gasteiger partial charge < -0.3 is 0 Å². The van der Waals surface area contributed by atoms with E-state index < -0.39 is 14.9 Å². The maximum atomic E-state index is 13.1. The maximum absolute atomic E-state index is 13.1. The van der Waals surface area contributed by atoms with Gasteiger partial charge >= 0.3 is 0 Å². The first-order valence-corrected chi connectivity index (χ1v) is 10.0. The predicted octanol–water partition coefficient (Wildman–Crippen LogP) is 3.44. The third-order valence-electron chi connectivity index (χ3n) is 3.69. The molecule has 7 nitrogen and oxygen atoms in total. The van der Waals surface area contributed by atoms with Crippen LogP contribution in [0.3, 0.4) is 0 Å². The predicted molar refractivity (Wildman–Crippen MR) is 98.1 cm³/mol. The van der Waals surface area contributed by atoms with Crippen molar-refractivity contribution in [3.05, 3.63) is 86.9 Å². The van der Waals surface area contributed by atoms with E-state index in [1.54, 1.807) is 24.4 Å². The molecule has 0 saturated carbocycles. The largest absolute Gasteiger partial charge is 0.269 e. The Labute approximate surface area is 154 Å². The molecule has 1 aromatic carbocycles. The van der Waals surface area contributed by atoms with Gasteiger partial charge in [0.2, 0.25) is 10.0 Å². The van der Waals surface area contributed by atoms with Crippen LogP contribution in [0.2, 0.25) is 0 Å². The Morgan fingerprint density at radius 3 is 2.42 bits per heavy atom. The maximum Gasteiger partial charge on any atom is 0.269 e. The Morgan fingerprint density at radius 2 is 1.85 bits per heavy atom. The second kappa shape index (κ2) is 7.73. The van der Waals surface area contributed by atoms with Crippen molar-refractivity contribution in [2.24, 2.45) is 0 Å². The monoisotopic (exact) mass is 389 g/mol. The smallest absolute Gasteiger partial charge is 0.260 e. The fourth-order valence-corrected chi connectivity index (χ4v) is 4.43. The highest BCUT2D eigenvalue weighted by Crippen LogP contribution is 2.23. The van der Waals surface area contributed by atoms with E-state index >= 15 is 0 Å². The number of rotatable bonds is 7. The molecule has 0 fully saturated rings. The molecule has 3 rings (SSSR count). The first kappa shape index (κ1) is 18.2. The molecule has 0 spiro atoms. The van der Waals surface area contributed by atoms with Gasteiger partial charge in [-0.3, -0.25) is 15.1 Å². The molecule has 134 valence electrons. The van der Waals surface area contributed by atoms with Gasteiger partial charge in [-0.15, -0.1) is 0 Å². The zero-order chi connectivity index (χ0) is 18.6. The zero-order valence-corrected chi connectivity index (χ0v) is 15.2. The van der Waals surface area contributed by atoms with Crippen LogP contribution < -0.4 is 0 Å². The molecule has 0 amide bonds. The Bertz CT molecular complexity index is 973. The highest BCUT2D eigenvalue weighted by Gasteiger charge is 2.26. The van der Waals surface area contributed by atoms with E-state index in [2.05, 4.69) is 4.98 Å². The number of aromatic nitrogens is 1. The first-order chi connectivity index (χ1) is 12.5. The van der Waals surface area contributed by atoms with Gasteiger partial charge in [0.1, 0.15) is 0 Å². The van der Waals surface area contributed by atoms with Crippen LogP contribution in [0.1, 0.15) is 11.3 Å². The van der Waals surface area contributed by atoms with Crippen molar-refractivity contribution in [2.45, 2.75) is 18.0 Å². The van der Waals surface area contributed by atoms with Gasteiger partial charge in [-0.05, 0) is 46.7 Å². The third-order valence-corrected chi connectivity index (χ3v) is 6.23. The average Bonchev–Trinajstić information content (AvgIpc) is 3.15. The summed E-state index contributed by atoms with van der Waals surface area (Å²) in [4.78, 5) is 14.4. The van der Waals surface area contributed by atoms with Gasteiger partial charge in [0.25, 0.3) is 5.69 Å². The van der Waals surface area contributed by atoms with Crippen LogP contribution in [-0.4, -0.2) is 22.6 Å². The van der Waals surface area contributed by atoms with Gasteiger partial charge in [0.05, 0.1) is 22.1 Å². The lowest BCUT2D eigenvalue weighted by Crippen LogP contribution is -2.30. The summed E-state index contributed by atoms with van der Waals surface area (Å²) in [6, 6.07) is 12.1. The first-order valence-electron chi connectivity index (χ1n) is 7.62. The van der Waals surface area contributed by atoms with E-state index in [1.807, 2.05) is 16.8 Å². The van der Waals surface area contributed by atoms with E-state index in [1.165, 1.54) is 39.9 Å². The van der Waals surface area contributed by atoms with Crippen LogP contribution in [0, 0.1) is 10.1 Å². The number of nitrogens with zero attached hydrogens (tertiary/aromatic N) is 3. The summed E-state index contributed by atoms with van der Waals surface area (Å²) in [6.45, 7) is 0.301. The number of sulfonamides is 1. The number of nitro benzene ring substituents is 1. The van der Waals surface area contributed by atoms with Crippen LogP contribution in [0.15, 0.2) is 70.4 Å². The number of hydrogen-bond donors (Lipinski definition) is 0. The lowest BCUT2D eigenvalue weighted by atomic mass is 10.3. The van der Waals surface area contributed by atoms with Crippen LogP contribution in [0.5, 0.6) is 0 Å². The van der Waals surface area contributed by atoms with Crippen LogP contribution >= 0.6 is 11.3 Å². The molecule has 0 bridgehead atoms. The summed E-state index contributed by atoms with van der Waals surface area (Å²) in [6.07, 6.45) is 1.61. The lowest BCUT2D eigenvalue weighted by molar-refractivity contribution is -0.384. The Morgan fingerprint density at radius 1 is 1.08 bits per heavy atom. The van der Waals surface area contributed by atoms with Crippen molar-refractivity contribution in [1.82, 2.24) is 9.29 Å². The topological polar surface area (TPSA) is 93.4 Å². The van der Waals surface area contributed by atoms with Gasteiger partial charge in [-0.1, -0.05) is 6.07 Å². The van der Waals surface area contributed by atoms with E-state index in [-0.39, 0.29) is 23.7 Å². The molecule has 0 aliphatic carbocycles. The SMILES string of the molecule is O=[N+]([O-])c1ccc(S(=O)(=O)N(Cc2ccsc2)Cc2ccccn2)cc1. The van der Waals surface area contributed by atoms with Crippen molar-refractivity contribution in [2.75, 3.05) is 0 Å². The number of benzene rings is 1. The highest BCUT2D eigenvalue weighted by molar-refractivity contribution is 7.89. The summed E-state index contributed by atoms with van der Waals surface area (Å²) in [5.74, 6) is 0.